The molecule has 6 nitrogen and oxygen atoms in total. The zero-order chi connectivity index (χ0) is 12.9. The number of carboxylic acid groups (broad SMARTS) is 1. The average molecular weight is 244 g/mol. The minimum Gasteiger partial charge on any atom is -0.481 e. The molecule has 0 aromatic rings. The molecule has 1 aliphatic heterocycles. The predicted octanol–water partition coefficient (Wildman–Crippen LogP) is 0.718. The first-order chi connectivity index (χ1) is 7.91. The van der Waals surface area contributed by atoms with Crippen LogP contribution in [0.5, 0.6) is 0 Å². The molecule has 6 heteroatoms. The fourth-order valence-corrected chi connectivity index (χ4v) is 1.79. The number of hydrogen-bond acceptors (Lipinski definition) is 3. The molecular formula is C11H20N2O4. The standard InChI is InChI=1S/C11H20N2O4/c1-8(7-9(14)15)12-10(16)13-11(2)3-5-17-6-4-11/h8H,3-7H2,1-2H3,(H,14,15)(H2,12,13,16). The molecule has 0 saturated carbocycles. The van der Waals surface area contributed by atoms with Gasteiger partial charge in [0.25, 0.3) is 0 Å². The maximum atomic E-state index is 11.7. The molecule has 17 heavy (non-hydrogen) atoms. The number of carbonyl (C=O) groups is 2. The molecule has 0 aliphatic carbocycles. The monoisotopic (exact) mass is 244 g/mol. The first-order valence-corrected chi connectivity index (χ1v) is 5.79. The lowest BCUT2D eigenvalue weighted by Crippen LogP contribution is -2.54. The van der Waals surface area contributed by atoms with Crippen LogP contribution in [-0.2, 0) is 9.53 Å². The normalized spacial score (nSPS) is 20.4. The van der Waals surface area contributed by atoms with Crippen LogP contribution in [0.2, 0.25) is 0 Å². The third-order valence-electron chi connectivity index (χ3n) is 2.87. The van der Waals surface area contributed by atoms with Crippen molar-refractivity contribution in [1.29, 1.82) is 0 Å². The molecule has 0 bridgehead atoms. The summed E-state index contributed by atoms with van der Waals surface area (Å²) in [5.41, 5.74) is -0.259. The van der Waals surface area contributed by atoms with Gasteiger partial charge in [0.05, 0.1) is 6.42 Å². The van der Waals surface area contributed by atoms with Gasteiger partial charge < -0.3 is 20.5 Å². The number of hydrogen-bond donors (Lipinski definition) is 3. The lowest BCUT2D eigenvalue weighted by Gasteiger charge is -2.34. The Morgan fingerprint density at radius 1 is 1.41 bits per heavy atom. The summed E-state index contributed by atoms with van der Waals surface area (Å²) in [7, 11) is 0. The largest absolute Gasteiger partial charge is 0.481 e. The summed E-state index contributed by atoms with van der Waals surface area (Å²) in [5, 5.41) is 14.1. The van der Waals surface area contributed by atoms with E-state index in [2.05, 4.69) is 10.6 Å². The first kappa shape index (κ1) is 13.8. The van der Waals surface area contributed by atoms with Crippen LogP contribution in [0.3, 0.4) is 0 Å². The van der Waals surface area contributed by atoms with Crippen molar-refractivity contribution in [2.24, 2.45) is 0 Å². The molecule has 3 N–H and O–H groups in total. The zero-order valence-corrected chi connectivity index (χ0v) is 10.3. The molecule has 1 aliphatic rings. The Bertz CT molecular complexity index is 287. The summed E-state index contributed by atoms with van der Waals surface area (Å²) in [6, 6.07) is -0.695. The van der Waals surface area contributed by atoms with Gasteiger partial charge in [0, 0.05) is 24.8 Å². The van der Waals surface area contributed by atoms with E-state index in [0.717, 1.165) is 12.8 Å². The van der Waals surface area contributed by atoms with Crippen molar-refractivity contribution in [3.8, 4) is 0 Å². The molecule has 0 radical (unpaired) electrons. The van der Waals surface area contributed by atoms with E-state index in [1.165, 1.54) is 0 Å². The molecule has 0 spiro atoms. The number of amides is 2. The Labute approximate surface area is 101 Å². The third-order valence-corrected chi connectivity index (χ3v) is 2.87. The summed E-state index contributed by atoms with van der Waals surface area (Å²) in [4.78, 5) is 22.1. The second-order valence-electron chi connectivity index (χ2n) is 4.77. The smallest absolute Gasteiger partial charge is 0.315 e. The molecule has 1 heterocycles. The number of carboxylic acids is 1. The molecule has 0 aromatic carbocycles. The molecule has 1 unspecified atom stereocenters. The number of urea groups is 1. The van der Waals surface area contributed by atoms with E-state index in [1.807, 2.05) is 6.92 Å². The van der Waals surface area contributed by atoms with Crippen LogP contribution in [0.25, 0.3) is 0 Å². The number of rotatable bonds is 4. The first-order valence-electron chi connectivity index (χ1n) is 5.79. The van der Waals surface area contributed by atoms with Crippen molar-refractivity contribution in [1.82, 2.24) is 10.6 Å². The van der Waals surface area contributed by atoms with Crippen LogP contribution >= 0.6 is 0 Å². The second kappa shape index (κ2) is 5.86. The molecule has 1 atom stereocenters. The van der Waals surface area contributed by atoms with E-state index >= 15 is 0 Å². The van der Waals surface area contributed by atoms with Gasteiger partial charge in [0.1, 0.15) is 0 Å². The SMILES string of the molecule is CC(CC(=O)O)NC(=O)NC1(C)CCOCC1. The van der Waals surface area contributed by atoms with Crippen LogP contribution in [0.15, 0.2) is 0 Å². The summed E-state index contributed by atoms with van der Waals surface area (Å²) in [6.07, 6.45) is 1.47. The molecule has 1 fully saturated rings. The van der Waals surface area contributed by atoms with Crippen molar-refractivity contribution < 1.29 is 19.4 Å². The van der Waals surface area contributed by atoms with Gasteiger partial charge in [-0.25, -0.2) is 4.79 Å². The van der Waals surface area contributed by atoms with Gasteiger partial charge in [0.15, 0.2) is 0 Å². The number of carbonyl (C=O) groups excluding carboxylic acids is 1. The summed E-state index contributed by atoms with van der Waals surface area (Å²) in [5.74, 6) is -0.921. The van der Waals surface area contributed by atoms with Crippen molar-refractivity contribution in [2.45, 2.75) is 44.7 Å². The van der Waals surface area contributed by atoms with E-state index in [9.17, 15) is 9.59 Å². The van der Waals surface area contributed by atoms with Crippen LogP contribution in [-0.4, -0.2) is 41.9 Å². The fourth-order valence-electron chi connectivity index (χ4n) is 1.79. The van der Waals surface area contributed by atoms with E-state index in [-0.39, 0.29) is 24.0 Å². The predicted molar refractivity (Wildman–Crippen MR) is 61.8 cm³/mol. The number of aliphatic carboxylic acids is 1. The zero-order valence-electron chi connectivity index (χ0n) is 10.3. The van der Waals surface area contributed by atoms with Gasteiger partial charge in [-0.15, -0.1) is 0 Å². The quantitative estimate of drug-likeness (QED) is 0.680. The van der Waals surface area contributed by atoms with Crippen molar-refractivity contribution >= 4 is 12.0 Å². The molecule has 0 aromatic heterocycles. The van der Waals surface area contributed by atoms with Crippen molar-refractivity contribution in [3.63, 3.8) is 0 Å². The Morgan fingerprint density at radius 2 is 2.00 bits per heavy atom. The van der Waals surface area contributed by atoms with Gasteiger partial charge in [-0.1, -0.05) is 0 Å². The average Bonchev–Trinajstić information content (AvgIpc) is 2.15. The third kappa shape index (κ3) is 5.04. The Hall–Kier alpha value is -1.30. The van der Waals surface area contributed by atoms with Gasteiger partial charge in [-0.05, 0) is 26.7 Å². The molecule has 1 rings (SSSR count). The van der Waals surface area contributed by atoms with Crippen LogP contribution in [0, 0.1) is 0 Å². The Kier molecular flexibility index (Phi) is 4.74. The maximum absolute atomic E-state index is 11.7. The highest BCUT2D eigenvalue weighted by atomic mass is 16.5. The Morgan fingerprint density at radius 3 is 2.53 bits per heavy atom. The Balaban J connectivity index is 2.35. The molecular weight excluding hydrogens is 224 g/mol. The highest BCUT2D eigenvalue weighted by molar-refractivity contribution is 5.76. The highest BCUT2D eigenvalue weighted by Gasteiger charge is 2.29. The van der Waals surface area contributed by atoms with Gasteiger partial charge >= 0.3 is 12.0 Å². The highest BCUT2D eigenvalue weighted by Crippen LogP contribution is 2.19. The van der Waals surface area contributed by atoms with Crippen LogP contribution in [0.4, 0.5) is 4.79 Å². The lowest BCUT2D eigenvalue weighted by molar-refractivity contribution is -0.137. The minimum atomic E-state index is -0.921. The van der Waals surface area contributed by atoms with Crippen molar-refractivity contribution in [3.05, 3.63) is 0 Å². The summed E-state index contributed by atoms with van der Waals surface area (Å²) in [6.45, 7) is 4.92. The van der Waals surface area contributed by atoms with Crippen LogP contribution in [0.1, 0.15) is 33.1 Å². The fraction of sp³-hybridized carbons (Fsp3) is 0.818. The van der Waals surface area contributed by atoms with E-state index < -0.39 is 5.97 Å². The molecule has 2 amide bonds. The van der Waals surface area contributed by atoms with E-state index in [4.69, 9.17) is 9.84 Å². The second-order valence-corrected chi connectivity index (χ2v) is 4.77. The lowest BCUT2D eigenvalue weighted by atomic mass is 9.93. The maximum Gasteiger partial charge on any atom is 0.315 e. The van der Waals surface area contributed by atoms with Crippen LogP contribution < -0.4 is 10.6 Å². The molecule has 1 saturated heterocycles. The van der Waals surface area contributed by atoms with E-state index in [0.29, 0.717) is 13.2 Å². The van der Waals surface area contributed by atoms with Gasteiger partial charge in [0.2, 0.25) is 0 Å². The number of nitrogens with one attached hydrogen (secondary N) is 2. The number of ether oxygens (including phenoxy) is 1. The van der Waals surface area contributed by atoms with Crippen molar-refractivity contribution in [2.75, 3.05) is 13.2 Å². The van der Waals surface area contributed by atoms with E-state index in [1.54, 1.807) is 6.92 Å². The van der Waals surface area contributed by atoms with Gasteiger partial charge in [-0.2, -0.15) is 0 Å². The minimum absolute atomic E-state index is 0.0761. The summed E-state index contributed by atoms with van der Waals surface area (Å²) >= 11 is 0. The summed E-state index contributed by atoms with van der Waals surface area (Å²) < 4.78 is 5.23. The van der Waals surface area contributed by atoms with Gasteiger partial charge in [-0.3, -0.25) is 4.79 Å². The molecule has 98 valence electrons. The topological polar surface area (TPSA) is 87.7 Å².